The number of hydrogen-bond donors (Lipinski definition) is 1. The van der Waals surface area contributed by atoms with Crippen molar-refractivity contribution >= 4 is 16.8 Å². The van der Waals surface area contributed by atoms with Crippen LogP contribution in [0.25, 0.3) is 10.9 Å². The van der Waals surface area contributed by atoms with Crippen LogP contribution in [0.15, 0.2) is 48.7 Å². The van der Waals surface area contributed by atoms with Crippen molar-refractivity contribution in [3.05, 3.63) is 76.5 Å². The summed E-state index contributed by atoms with van der Waals surface area (Å²) in [5.74, 6) is -0.0349. The number of amides is 1. The minimum absolute atomic E-state index is 0.0349. The van der Waals surface area contributed by atoms with Crippen molar-refractivity contribution < 1.29 is 14.6 Å². The fraction of sp³-hybridized carbons (Fsp3) is 0.333. The Morgan fingerprint density at radius 1 is 1.24 bits per heavy atom. The maximum absolute atomic E-state index is 13.3. The molecular weight excluding hydrogens is 364 g/mol. The third-order valence-electron chi connectivity index (χ3n) is 6.11. The molecule has 3 aromatic rings. The van der Waals surface area contributed by atoms with Gasteiger partial charge in [-0.15, -0.1) is 0 Å². The third-order valence-corrected chi connectivity index (χ3v) is 6.11. The Morgan fingerprint density at radius 2 is 2.07 bits per heavy atom. The smallest absolute Gasteiger partial charge is 0.255 e. The van der Waals surface area contributed by atoms with Gasteiger partial charge in [0.05, 0.1) is 24.3 Å². The van der Waals surface area contributed by atoms with Crippen molar-refractivity contribution in [2.45, 2.75) is 38.5 Å². The average Bonchev–Trinajstić information content (AvgIpc) is 3.07. The molecule has 1 aromatic heterocycles. The Labute approximate surface area is 169 Å². The van der Waals surface area contributed by atoms with Crippen molar-refractivity contribution in [1.82, 2.24) is 9.88 Å². The van der Waals surface area contributed by atoms with Crippen LogP contribution >= 0.6 is 0 Å². The molecule has 148 valence electrons. The van der Waals surface area contributed by atoms with E-state index < -0.39 is 6.10 Å². The zero-order chi connectivity index (χ0) is 20.0. The number of hydrogen-bond acceptors (Lipinski definition) is 4. The molecule has 0 aliphatic carbocycles. The summed E-state index contributed by atoms with van der Waals surface area (Å²) in [4.78, 5) is 19.7. The second-order valence-electron chi connectivity index (χ2n) is 8.06. The van der Waals surface area contributed by atoms with Crippen LogP contribution in [-0.2, 0) is 17.7 Å². The lowest BCUT2D eigenvalue weighted by atomic mass is 9.95. The van der Waals surface area contributed by atoms with Gasteiger partial charge in [-0.3, -0.25) is 9.78 Å². The van der Waals surface area contributed by atoms with Crippen molar-refractivity contribution in [2.24, 2.45) is 0 Å². The Hall–Kier alpha value is -2.76. The van der Waals surface area contributed by atoms with Crippen LogP contribution in [0, 0.1) is 6.92 Å². The molecule has 1 N–H and O–H groups in total. The second kappa shape index (κ2) is 7.25. The zero-order valence-corrected chi connectivity index (χ0v) is 16.5. The molecule has 2 atom stereocenters. The maximum atomic E-state index is 13.3. The molecule has 1 amide bonds. The van der Waals surface area contributed by atoms with E-state index in [1.807, 2.05) is 12.1 Å². The number of fused-ring (bicyclic) bond motifs is 3. The van der Waals surface area contributed by atoms with E-state index in [0.29, 0.717) is 31.7 Å². The first-order valence-corrected chi connectivity index (χ1v) is 10.1. The largest absolute Gasteiger partial charge is 0.391 e. The monoisotopic (exact) mass is 388 g/mol. The molecule has 2 aliphatic heterocycles. The van der Waals surface area contributed by atoms with Gasteiger partial charge < -0.3 is 14.7 Å². The van der Waals surface area contributed by atoms with Gasteiger partial charge in [0, 0.05) is 35.9 Å². The fourth-order valence-corrected chi connectivity index (χ4v) is 4.47. The number of pyridine rings is 1. The Balaban J connectivity index is 1.56. The van der Waals surface area contributed by atoms with Crippen LogP contribution in [0.4, 0.5) is 0 Å². The fourth-order valence-electron chi connectivity index (χ4n) is 4.47. The Morgan fingerprint density at radius 3 is 2.86 bits per heavy atom. The number of nitrogens with zero attached hydrogens (tertiary/aromatic N) is 2. The standard InChI is InChI=1S/C24H24N2O3/c1-15-4-6-16(7-5-15)11-17-12-19-20(23-18(17)3-2-9-25-23)13-26(24(19)28)21-14-29-10-8-22(21)27/h2-7,9,12,21-22,27H,8,10-11,13-14H2,1H3. The molecular formula is C24H24N2O3. The highest BCUT2D eigenvalue weighted by atomic mass is 16.5. The van der Waals surface area contributed by atoms with E-state index in [4.69, 9.17) is 4.74 Å². The highest BCUT2D eigenvalue weighted by molar-refractivity contribution is 6.04. The molecule has 1 saturated heterocycles. The molecule has 0 saturated carbocycles. The number of aliphatic hydroxyl groups is 1. The van der Waals surface area contributed by atoms with Gasteiger partial charge >= 0.3 is 0 Å². The number of carbonyl (C=O) groups excluding carboxylic acids is 1. The number of carbonyl (C=O) groups is 1. The van der Waals surface area contributed by atoms with E-state index in [2.05, 4.69) is 42.2 Å². The van der Waals surface area contributed by atoms with E-state index >= 15 is 0 Å². The summed E-state index contributed by atoms with van der Waals surface area (Å²) in [7, 11) is 0. The predicted molar refractivity (Wildman–Crippen MR) is 111 cm³/mol. The van der Waals surface area contributed by atoms with Crippen LogP contribution < -0.4 is 0 Å². The number of aromatic nitrogens is 1. The first kappa shape index (κ1) is 18.3. The van der Waals surface area contributed by atoms with Crippen molar-refractivity contribution in [3.63, 3.8) is 0 Å². The minimum atomic E-state index is -0.548. The normalized spacial score (nSPS) is 21.6. The van der Waals surface area contributed by atoms with Gasteiger partial charge in [0.15, 0.2) is 0 Å². The van der Waals surface area contributed by atoms with E-state index in [1.54, 1.807) is 11.1 Å². The highest BCUT2D eigenvalue weighted by Gasteiger charge is 2.39. The van der Waals surface area contributed by atoms with Crippen LogP contribution in [0.1, 0.15) is 39.0 Å². The molecule has 5 rings (SSSR count). The third kappa shape index (κ3) is 3.20. The van der Waals surface area contributed by atoms with Crippen LogP contribution in [0.2, 0.25) is 0 Å². The van der Waals surface area contributed by atoms with E-state index in [-0.39, 0.29) is 11.9 Å². The first-order valence-electron chi connectivity index (χ1n) is 10.1. The minimum Gasteiger partial charge on any atom is -0.391 e. The maximum Gasteiger partial charge on any atom is 0.255 e. The summed E-state index contributed by atoms with van der Waals surface area (Å²) in [6, 6.07) is 14.2. The number of benzene rings is 2. The van der Waals surface area contributed by atoms with Gasteiger partial charge in [0.25, 0.3) is 5.91 Å². The van der Waals surface area contributed by atoms with Crippen molar-refractivity contribution in [3.8, 4) is 0 Å². The molecule has 2 aliphatic rings. The summed E-state index contributed by atoms with van der Waals surface area (Å²) in [5, 5.41) is 11.5. The van der Waals surface area contributed by atoms with Crippen molar-refractivity contribution in [1.29, 1.82) is 0 Å². The predicted octanol–water partition coefficient (Wildman–Crippen LogP) is 3.24. The van der Waals surface area contributed by atoms with Crippen molar-refractivity contribution in [2.75, 3.05) is 13.2 Å². The number of aryl methyl sites for hydroxylation is 1. The van der Waals surface area contributed by atoms with Crippen LogP contribution in [0.3, 0.4) is 0 Å². The molecule has 3 heterocycles. The quantitative estimate of drug-likeness (QED) is 0.748. The lowest BCUT2D eigenvalue weighted by Gasteiger charge is -2.34. The van der Waals surface area contributed by atoms with E-state index in [1.165, 1.54) is 11.1 Å². The average molecular weight is 388 g/mol. The van der Waals surface area contributed by atoms with Crippen LogP contribution in [0.5, 0.6) is 0 Å². The SMILES string of the molecule is Cc1ccc(Cc2cc3c(c4ncccc24)CN(C2COCCC2O)C3=O)cc1. The molecule has 1 fully saturated rings. The summed E-state index contributed by atoms with van der Waals surface area (Å²) in [6.07, 6.45) is 2.54. The molecule has 0 radical (unpaired) electrons. The van der Waals surface area contributed by atoms with Gasteiger partial charge in [-0.1, -0.05) is 35.9 Å². The zero-order valence-electron chi connectivity index (χ0n) is 16.5. The first-order chi connectivity index (χ1) is 14.1. The second-order valence-corrected chi connectivity index (χ2v) is 8.06. The molecule has 5 heteroatoms. The van der Waals surface area contributed by atoms with Gasteiger partial charge in [-0.05, 0) is 43.0 Å². The molecule has 2 unspecified atom stereocenters. The van der Waals surface area contributed by atoms with Gasteiger partial charge in [-0.25, -0.2) is 0 Å². The topological polar surface area (TPSA) is 62.7 Å². The molecule has 0 bridgehead atoms. The number of rotatable bonds is 3. The van der Waals surface area contributed by atoms with Gasteiger partial charge in [-0.2, -0.15) is 0 Å². The summed E-state index contributed by atoms with van der Waals surface area (Å²) >= 11 is 0. The molecule has 5 nitrogen and oxygen atoms in total. The Kier molecular flexibility index (Phi) is 4.57. The Bertz CT molecular complexity index is 1080. The number of aliphatic hydroxyl groups excluding tert-OH is 1. The lowest BCUT2D eigenvalue weighted by Crippen LogP contribution is -2.49. The summed E-state index contributed by atoms with van der Waals surface area (Å²) in [5.41, 5.74) is 6.08. The van der Waals surface area contributed by atoms with E-state index in [0.717, 1.165) is 28.5 Å². The van der Waals surface area contributed by atoms with Crippen LogP contribution in [-0.4, -0.2) is 46.3 Å². The highest BCUT2D eigenvalue weighted by Crippen LogP contribution is 2.34. The van der Waals surface area contributed by atoms with Gasteiger partial charge in [0.1, 0.15) is 0 Å². The van der Waals surface area contributed by atoms with E-state index in [9.17, 15) is 9.90 Å². The summed E-state index contributed by atoms with van der Waals surface area (Å²) < 4.78 is 5.54. The molecule has 2 aromatic carbocycles. The lowest BCUT2D eigenvalue weighted by molar-refractivity contribution is -0.0528. The number of ether oxygens (including phenoxy) is 1. The molecule has 0 spiro atoms. The molecule has 29 heavy (non-hydrogen) atoms. The summed E-state index contributed by atoms with van der Waals surface area (Å²) in [6.45, 7) is 3.47. The van der Waals surface area contributed by atoms with Gasteiger partial charge in [0.2, 0.25) is 0 Å².